The fourth-order valence-corrected chi connectivity index (χ4v) is 4.79. The van der Waals surface area contributed by atoms with Crippen LogP contribution in [0.4, 0.5) is 8.78 Å². The third-order valence-corrected chi connectivity index (χ3v) is 6.43. The van der Waals surface area contributed by atoms with Gasteiger partial charge in [0.2, 0.25) is 0 Å². The van der Waals surface area contributed by atoms with E-state index >= 15 is 4.39 Å². The van der Waals surface area contributed by atoms with Gasteiger partial charge < -0.3 is 9.47 Å². The van der Waals surface area contributed by atoms with Gasteiger partial charge in [-0.1, -0.05) is 44.7 Å². The van der Waals surface area contributed by atoms with Crippen LogP contribution in [0.1, 0.15) is 52.4 Å². The Labute approximate surface area is 177 Å². The molecule has 0 bridgehead atoms. The summed E-state index contributed by atoms with van der Waals surface area (Å²) >= 11 is 0. The second-order valence-corrected chi connectivity index (χ2v) is 8.43. The molecule has 0 spiro atoms. The number of hydrogen-bond acceptors (Lipinski definition) is 2. The summed E-state index contributed by atoms with van der Waals surface area (Å²) in [5.41, 5.74) is 0. The highest BCUT2D eigenvalue weighted by atomic mass is 19.1. The lowest BCUT2D eigenvalue weighted by Gasteiger charge is -2.28. The number of halogens is 2. The van der Waals surface area contributed by atoms with Crippen molar-refractivity contribution >= 4 is 21.5 Å². The van der Waals surface area contributed by atoms with Crippen molar-refractivity contribution in [2.45, 2.75) is 52.4 Å². The molecule has 1 aliphatic carbocycles. The van der Waals surface area contributed by atoms with E-state index in [0.29, 0.717) is 40.7 Å². The maximum Gasteiger partial charge on any atom is 0.172 e. The number of hydrogen-bond donors (Lipinski definition) is 0. The maximum atomic E-state index is 15.2. The molecule has 0 amide bonds. The van der Waals surface area contributed by atoms with Gasteiger partial charge >= 0.3 is 0 Å². The second-order valence-electron chi connectivity index (χ2n) is 8.43. The van der Waals surface area contributed by atoms with Crippen LogP contribution >= 0.6 is 0 Å². The van der Waals surface area contributed by atoms with Crippen LogP contribution in [-0.2, 0) is 0 Å². The van der Waals surface area contributed by atoms with Crippen molar-refractivity contribution in [1.29, 1.82) is 0 Å². The molecule has 0 radical (unpaired) electrons. The molecular formula is C26H30F2O2. The average Bonchev–Trinajstić information content (AvgIpc) is 2.76. The normalized spacial score (nSPS) is 19.3. The van der Waals surface area contributed by atoms with Gasteiger partial charge in [-0.3, -0.25) is 0 Å². The number of rotatable bonds is 7. The van der Waals surface area contributed by atoms with Crippen molar-refractivity contribution < 1.29 is 18.3 Å². The molecule has 2 nitrogen and oxygen atoms in total. The Morgan fingerprint density at radius 1 is 0.700 bits per heavy atom. The lowest BCUT2D eigenvalue weighted by Crippen LogP contribution is -2.20. The Bertz CT molecular complexity index is 1020. The van der Waals surface area contributed by atoms with Crippen LogP contribution in [0.3, 0.4) is 0 Å². The van der Waals surface area contributed by atoms with E-state index < -0.39 is 5.82 Å². The zero-order chi connectivity index (χ0) is 21.1. The first-order chi connectivity index (χ1) is 14.6. The van der Waals surface area contributed by atoms with Gasteiger partial charge in [0.1, 0.15) is 0 Å². The van der Waals surface area contributed by atoms with Crippen LogP contribution in [0.5, 0.6) is 11.5 Å². The van der Waals surface area contributed by atoms with Gasteiger partial charge in [0.05, 0.1) is 13.2 Å². The maximum absolute atomic E-state index is 15.2. The summed E-state index contributed by atoms with van der Waals surface area (Å²) in [6.07, 6.45) is 7.39. The highest BCUT2D eigenvalue weighted by Gasteiger charge is 2.22. The SMILES string of the molecule is CCCC1CCC(COc2ccc3c(ccc4c(F)c(OCC)ccc43)c2F)CC1. The van der Waals surface area contributed by atoms with Crippen molar-refractivity contribution in [3.8, 4) is 11.5 Å². The fraction of sp³-hybridized carbons (Fsp3) is 0.462. The van der Waals surface area contributed by atoms with Gasteiger partial charge in [0.25, 0.3) is 0 Å². The molecule has 30 heavy (non-hydrogen) atoms. The van der Waals surface area contributed by atoms with Crippen LogP contribution in [0, 0.1) is 23.5 Å². The fourth-order valence-electron chi connectivity index (χ4n) is 4.79. The van der Waals surface area contributed by atoms with E-state index in [9.17, 15) is 4.39 Å². The first-order valence-corrected chi connectivity index (χ1v) is 11.2. The minimum Gasteiger partial charge on any atom is -0.491 e. The predicted octanol–water partition coefficient (Wildman–Crippen LogP) is 7.66. The van der Waals surface area contributed by atoms with Gasteiger partial charge in [-0.25, -0.2) is 8.78 Å². The Morgan fingerprint density at radius 2 is 1.20 bits per heavy atom. The van der Waals surface area contributed by atoms with Crippen molar-refractivity contribution in [3.63, 3.8) is 0 Å². The molecule has 1 saturated carbocycles. The molecule has 4 heteroatoms. The zero-order valence-electron chi connectivity index (χ0n) is 17.8. The van der Waals surface area contributed by atoms with Crippen LogP contribution < -0.4 is 9.47 Å². The van der Waals surface area contributed by atoms with Gasteiger partial charge in [-0.2, -0.15) is 0 Å². The molecule has 0 saturated heterocycles. The largest absolute Gasteiger partial charge is 0.491 e. The molecule has 0 atom stereocenters. The molecule has 0 unspecified atom stereocenters. The summed E-state index contributed by atoms with van der Waals surface area (Å²) in [5.74, 6) is 1.07. The highest BCUT2D eigenvalue weighted by molar-refractivity contribution is 6.08. The van der Waals surface area contributed by atoms with E-state index in [1.54, 1.807) is 30.3 Å². The summed E-state index contributed by atoms with van der Waals surface area (Å²) < 4.78 is 41.1. The Balaban J connectivity index is 1.54. The lowest BCUT2D eigenvalue weighted by atomic mass is 9.80. The quantitative estimate of drug-likeness (QED) is 0.371. The molecule has 0 aliphatic heterocycles. The average molecular weight is 413 g/mol. The van der Waals surface area contributed by atoms with Crippen LogP contribution in [0.25, 0.3) is 21.5 Å². The van der Waals surface area contributed by atoms with Crippen LogP contribution in [0.15, 0.2) is 36.4 Å². The first-order valence-electron chi connectivity index (χ1n) is 11.2. The van der Waals surface area contributed by atoms with Crippen molar-refractivity contribution in [3.05, 3.63) is 48.0 Å². The zero-order valence-corrected chi connectivity index (χ0v) is 17.8. The Hall–Kier alpha value is -2.36. The molecular weight excluding hydrogens is 382 g/mol. The Kier molecular flexibility index (Phi) is 6.40. The molecule has 0 aromatic heterocycles. The van der Waals surface area contributed by atoms with E-state index in [-0.39, 0.29) is 17.3 Å². The van der Waals surface area contributed by atoms with E-state index in [2.05, 4.69) is 6.92 Å². The van der Waals surface area contributed by atoms with Crippen molar-refractivity contribution in [2.75, 3.05) is 13.2 Å². The monoisotopic (exact) mass is 412 g/mol. The summed E-state index contributed by atoms with van der Waals surface area (Å²) in [6, 6.07) is 10.2. The molecule has 0 N–H and O–H groups in total. The van der Waals surface area contributed by atoms with E-state index in [1.165, 1.54) is 25.7 Å². The number of ether oxygens (including phenoxy) is 2. The molecule has 160 valence electrons. The minimum absolute atomic E-state index is 0.221. The van der Waals surface area contributed by atoms with E-state index in [4.69, 9.17) is 9.47 Å². The molecule has 1 aliphatic rings. The van der Waals surface area contributed by atoms with Gasteiger partial charge in [-0.15, -0.1) is 0 Å². The van der Waals surface area contributed by atoms with E-state index in [1.807, 2.05) is 13.0 Å². The lowest BCUT2D eigenvalue weighted by molar-refractivity contribution is 0.175. The topological polar surface area (TPSA) is 18.5 Å². The van der Waals surface area contributed by atoms with Crippen LogP contribution in [0.2, 0.25) is 0 Å². The summed E-state index contributed by atoms with van der Waals surface area (Å²) in [5, 5.41) is 2.24. The summed E-state index contributed by atoms with van der Waals surface area (Å²) in [6.45, 7) is 5.01. The molecule has 3 aromatic rings. The number of benzene rings is 3. The van der Waals surface area contributed by atoms with Crippen molar-refractivity contribution in [1.82, 2.24) is 0 Å². The second kappa shape index (κ2) is 9.20. The molecule has 1 fully saturated rings. The van der Waals surface area contributed by atoms with Gasteiger partial charge in [0, 0.05) is 10.8 Å². The number of fused-ring (bicyclic) bond motifs is 3. The van der Waals surface area contributed by atoms with Crippen LogP contribution in [-0.4, -0.2) is 13.2 Å². The van der Waals surface area contributed by atoms with E-state index in [0.717, 1.165) is 18.8 Å². The predicted molar refractivity (Wildman–Crippen MR) is 118 cm³/mol. The minimum atomic E-state index is -0.407. The summed E-state index contributed by atoms with van der Waals surface area (Å²) in [4.78, 5) is 0. The highest BCUT2D eigenvalue weighted by Crippen LogP contribution is 2.36. The summed E-state index contributed by atoms with van der Waals surface area (Å²) in [7, 11) is 0. The van der Waals surface area contributed by atoms with Crippen molar-refractivity contribution in [2.24, 2.45) is 11.8 Å². The standard InChI is InChI=1S/C26H30F2O2/c1-3-5-17-6-8-18(9-7-17)16-30-24-15-13-20-19-12-14-23(29-4-2)25(27)21(19)10-11-22(20)26(24)28/h10-15,17-18H,3-9,16H2,1-2H3. The third-order valence-electron chi connectivity index (χ3n) is 6.43. The smallest absolute Gasteiger partial charge is 0.172 e. The first kappa shape index (κ1) is 20.9. The molecule has 0 heterocycles. The molecule has 3 aromatic carbocycles. The van der Waals surface area contributed by atoms with Gasteiger partial charge in [0.15, 0.2) is 23.1 Å². The van der Waals surface area contributed by atoms with Gasteiger partial charge in [-0.05, 0) is 66.6 Å². The third kappa shape index (κ3) is 4.10. The molecule has 4 rings (SSSR count). The Morgan fingerprint density at radius 3 is 1.73 bits per heavy atom.